The second-order valence-corrected chi connectivity index (χ2v) is 7.07. The van der Waals surface area contributed by atoms with Gasteiger partial charge in [-0.3, -0.25) is 9.69 Å². The molecule has 0 unspecified atom stereocenters. The number of hydrogen-bond donors (Lipinski definition) is 1. The van der Waals surface area contributed by atoms with Crippen molar-refractivity contribution < 1.29 is 19.4 Å². The number of carbonyl (C=O) groups excluding carboxylic acids is 1. The minimum absolute atomic E-state index is 0.0116. The molecular formula is C20H29NO4. The minimum atomic E-state index is -0.330. The Morgan fingerprint density at radius 2 is 2.04 bits per heavy atom. The fourth-order valence-corrected chi connectivity index (χ4v) is 4.63. The van der Waals surface area contributed by atoms with Crippen molar-refractivity contribution in [3.63, 3.8) is 0 Å². The standard InChI is InChI=1S/C20H29NO4/c1-3-20(19(23)24-4-2)13-16-7-10-18(20)21(16)14-15-5-8-17(9-6-15)25-12-11-22/h5-6,8-9,16,18,22H,3-4,7,10-14H2,1-2H3/t16-,18+,20+/m0/s1. The predicted octanol–water partition coefficient (Wildman–Crippen LogP) is 2.75. The Labute approximate surface area is 149 Å². The average Bonchev–Trinajstić information content (AvgIpc) is 3.16. The van der Waals surface area contributed by atoms with Crippen molar-refractivity contribution in [2.75, 3.05) is 19.8 Å². The first-order valence-electron chi connectivity index (χ1n) is 9.40. The first kappa shape index (κ1) is 18.2. The number of fused-ring (bicyclic) bond motifs is 2. The zero-order valence-electron chi connectivity index (χ0n) is 15.2. The number of carbonyl (C=O) groups is 1. The van der Waals surface area contributed by atoms with Crippen LogP contribution in [0.1, 0.15) is 45.1 Å². The van der Waals surface area contributed by atoms with Gasteiger partial charge in [0.15, 0.2) is 0 Å². The lowest BCUT2D eigenvalue weighted by atomic mass is 9.72. The molecule has 1 aromatic rings. The fraction of sp³-hybridized carbons (Fsp3) is 0.650. The molecule has 2 aliphatic heterocycles. The highest BCUT2D eigenvalue weighted by Crippen LogP contribution is 2.52. The van der Waals surface area contributed by atoms with E-state index in [1.165, 1.54) is 12.0 Å². The molecule has 2 aliphatic rings. The highest BCUT2D eigenvalue weighted by Gasteiger charge is 2.59. The average molecular weight is 347 g/mol. The van der Waals surface area contributed by atoms with Crippen molar-refractivity contribution in [1.29, 1.82) is 0 Å². The molecule has 3 rings (SSSR count). The lowest BCUT2D eigenvalue weighted by molar-refractivity contribution is -0.157. The Kier molecular flexibility index (Phi) is 5.64. The Morgan fingerprint density at radius 3 is 2.68 bits per heavy atom. The van der Waals surface area contributed by atoms with Gasteiger partial charge in [0.05, 0.1) is 18.6 Å². The predicted molar refractivity (Wildman–Crippen MR) is 95.3 cm³/mol. The minimum Gasteiger partial charge on any atom is -0.491 e. The fourth-order valence-electron chi connectivity index (χ4n) is 4.63. The van der Waals surface area contributed by atoms with E-state index >= 15 is 0 Å². The van der Waals surface area contributed by atoms with Crippen LogP contribution >= 0.6 is 0 Å². The van der Waals surface area contributed by atoms with E-state index in [0.29, 0.717) is 19.3 Å². The normalized spacial score (nSPS) is 28.3. The van der Waals surface area contributed by atoms with E-state index in [9.17, 15) is 4.79 Å². The van der Waals surface area contributed by atoms with Crippen LogP contribution in [0.5, 0.6) is 5.75 Å². The SMILES string of the molecule is CCOC(=O)[C@]1(CC)C[C@@H]2CC[C@H]1N2Cc1ccc(OCCO)cc1. The van der Waals surface area contributed by atoms with Gasteiger partial charge in [-0.1, -0.05) is 19.1 Å². The highest BCUT2D eigenvalue weighted by molar-refractivity contribution is 5.78. The van der Waals surface area contributed by atoms with Crippen molar-refractivity contribution in [3.05, 3.63) is 29.8 Å². The summed E-state index contributed by atoms with van der Waals surface area (Å²) in [6, 6.07) is 8.79. The van der Waals surface area contributed by atoms with E-state index in [1.54, 1.807) is 0 Å². The summed E-state index contributed by atoms with van der Waals surface area (Å²) >= 11 is 0. The molecule has 2 saturated heterocycles. The Hall–Kier alpha value is -1.59. The van der Waals surface area contributed by atoms with Crippen LogP contribution in [0.25, 0.3) is 0 Å². The molecule has 5 heteroatoms. The number of aliphatic hydroxyl groups excluding tert-OH is 1. The number of esters is 1. The molecule has 2 fully saturated rings. The molecule has 3 atom stereocenters. The molecule has 0 saturated carbocycles. The lowest BCUT2D eigenvalue weighted by Gasteiger charge is -2.34. The van der Waals surface area contributed by atoms with Gasteiger partial charge in [-0.05, 0) is 50.3 Å². The summed E-state index contributed by atoms with van der Waals surface area (Å²) < 4.78 is 10.8. The maximum absolute atomic E-state index is 12.6. The van der Waals surface area contributed by atoms with Crippen LogP contribution in [0.15, 0.2) is 24.3 Å². The Balaban J connectivity index is 1.70. The molecule has 5 nitrogen and oxygen atoms in total. The molecule has 0 spiro atoms. The van der Waals surface area contributed by atoms with Crippen molar-refractivity contribution in [3.8, 4) is 5.75 Å². The first-order valence-corrected chi connectivity index (χ1v) is 9.40. The Bertz CT molecular complexity index is 588. The summed E-state index contributed by atoms with van der Waals surface area (Å²) in [6.07, 6.45) is 4.01. The molecule has 0 amide bonds. The molecule has 2 bridgehead atoms. The largest absolute Gasteiger partial charge is 0.491 e. The van der Waals surface area contributed by atoms with Gasteiger partial charge in [-0.2, -0.15) is 0 Å². The molecule has 1 N–H and O–H groups in total. The van der Waals surface area contributed by atoms with Gasteiger partial charge >= 0.3 is 5.97 Å². The monoisotopic (exact) mass is 347 g/mol. The van der Waals surface area contributed by atoms with Crippen LogP contribution in [0.4, 0.5) is 0 Å². The molecule has 0 aliphatic carbocycles. The number of ether oxygens (including phenoxy) is 2. The van der Waals surface area contributed by atoms with E-state index in [4.69, 9.17) is 14.6 Å². The molecular weight excluding hydrogens is 318 g/mol. The number of nitrogens with zero attached hydrogens (tertiary/aromatic N) is 1. The molecule has 0 aromatic heterocycles. The van der Waals surface area contributed by atoms with Crippen molar-refractivity contribution in [2.45, 2.75) is 58.2 Å². The van der Waals surface area contributed by atoms with Crippen molar-refractivity contribution >= 4 is 5.97 Å². The van der Waals surface area contributed by atoms with Gasteiger partial charge in [-0.15, -0.1) is 0 Å². The zero-order chi connectivity index (χ0) is 17.9. The highest BCUT2D eigenvalue weighted by atomic mass is 16.5. The van der Waals surface area contributed by atoms with Gasteiger partial charge in [0.2, 0.25) is 0 Å². The number of rotatable bonds is 8. The molecule has 1 aromatic carbocycles. The number of aliphatic hydroxyl groups is 1. The lowest BCUT2D eigenvalue weighted by Crippen LogP contribution is -2.43. The van der Waals surface area contributed by atoms with E-state index < -0.39 is 0 Å². The van der Waals surface area contributed by atoms with Gasteiger partial charge in [-0.25, -0.2) is 0 Å². The van der Waals surface area contributed by atoms with Crippen molar-refractivity contribution in [2.24, 2.45) is 5.41 Å². The third-order valence-corrected chi connectivity index (χ3v) is 5.84. The van der Waals surface area contributed by atoms with E-state index in [0.717, 1.165) is 31.6 Å². The summed E-state index contributed by atoms with van der Waals surface area (Å²) in [7, 11) is 0. The van der Waals surface area contributed by atoms with Gasteiger partial charge < -0.3 is 14.6 Å². The van der Waals surface area contributed by atoms with Crippen LogP contribution in [-0.4, -0.2) is 47.9 Å². The van der Waals surface area contributed by atoms with E-state index in [2.05, 4.69) is 24.0 Å². The van der Waals surface area contributed by atoms with Gasteiger partial charge in [0.25, 0.3) is 0 Å². The van der Waals surface area contributed by atoms with Crippen molar-refractivity contribution in [1.82, 2.24) is 4.90 Å². The van der Waals surface area contributed by atoms with Gasteiger partial charge in [0, 0.05) is 18.6 Å². The van der Waals surface area contributed by atoms with E-state index in [1.807, 2.05) is 19.1 Å². The van der Waals surface area contributed by atoms with Crippen LogP contribution in [-0.2, 0) is 16.1 Å². The topological polar surface area (TPSA) is 59.0 Å². The molecule has 2 heterocycles. The van der Waals surface area contributed by atoms with Crippen LogP contribution in [0.2, 0.25) is 0 Å². The first-order chi connectivity index (χ1) is 12.1. The Morgan fingerprint density at radius 1 is 1.28 bits per heavy atom. The molecule has 0 radical (unpaired) electrons. The third-order valence-electron chi connectivity index (χ3n) is 5.84. The van der Waals surface area contributed by atoms with Crippen LogP contribution < -0.4 is 4.74 Å². The quantitative estimate of drug-likeness (QED) is 0.733. The molecule has 138 valence electrons. The summed E-state index contributed by atoms with van der Waals surface area (Å²) in [4.78, 5) is 15.1. The zero-order valence-corrected chi connectivity index (χ0v) is 15.2. The number of hydrogen-bond acceptors (Lipinski definition) is 5. The summed E-state index contributed by atoms with van der Waals surface area (Å²) in [5, 5.41) is 8.82. The maximum atomic E-state index is 12.6. The smallest absolute Gasteiger partial charge is 0.313 e. The summed E-state index contributed by atoms with van der Waals surface area (Å²) in [5.74, 6) is 0.763. The second-order valence-electron chi connectivity index (χ2n) is 7.07. The van der Waals surface area contributed by atoms with Gasteiger partial charge in [0.1, 0.15) is 12.4 Å². The summed E-state index contributed by atoms with van der Waals surface area (Å²) in [5.41, 5.74) is 0.896. The maximum Gasteiger partial charge on any atom is 0.313 e. The summed E-state index contributed by atoms with van der Waals surface area (Å²) in [6.45, 7) is 5.64. The number of benzene rings is 1. The second kappa shape index (κ2) is 7.75. The van der Waals surface area contributed by atoms with E-state index in [-0.39, 0.29) is 24.0 Å². The third kappa shape index (κ3) is 3.40. The van der Waals surface area contributed by atoms with Crippen LogP contribution in [0, 0.1) is 5.41 Å². The molecule has 25 heavy (non-hydrogen) atoms. The van der Waals surface area contributed by atoms with Crippen LogP contribution in [0.3, 0.4) is 0 Å².